The summed E-state index contributed by atoms with van der Waals surface area (Å²) in [5.74, 6) is 0.151. The van der Waals surface area contributed by atoms with Crippen molar-refractivity contribution in [3.63, 3.8) is 0 Å². The summed E-state index contributed by atoms with van der Waals surface area (Å²) in [6, 6.07) is 6.42. The number of carbonyl (C=O) groups is 2. The molecule has 0 bridgehead atoms. The number of likely N-dealkylation sites (tertiary alicyclic amines) is 1. The monoisotopic (exact) mass is 317 g/mol. The van der Waals surface area contributed by atoms with E-state index in [-0.39, 0.29) is 17.9 Å². The van der Waals surface area contributed by atoms with Gasteiger partial charge in [0.25, 0.3) is 0 Å². The Morgan fingerprint density at radius 1 is 1.26 bits per heavy atom. The van der Waals surface area contributed by atoms with Crippen molar-refractivity contribution in [1.82, 2.24) is 10.2 Å². The van der Waals surface area contributed by atoms with Crippen molar-refractivity contribution < 1.29 is 9.59 Å². The summed E-state index contributed by atoms with van der Waals surface area (Å²) in [7, 11) is 1.94. The Bertz CT molecular complexity index is 578. The van der Waals surface area contributed by atoms with Gasteiger partial charge in [0, 0.05) is 38.8 Å². The molecule has 5 heteroatoms. The third-order valence-corrected chi connectivity index (χ3v) is 4.45. The molecule has 1 heterocycles. The van der Waals surface area contributed by atoms with Gasteiger partial charge in [-0.3, -0.25) is 9.59 Å². The quantitative estimate of drug-likeness (QED) is 0.922. The van der Waals surface area contributed by atoms with Crippen LogP contribution in [0, 0.1) is 13.8 Å². The zero-order chi connectivity index (χ0) is 17.0. The molecule has 1 aliphatic heterocycles. The number of rotatable bonds is 4. The number of piperidine rings is 1. The molecule has 1 aromatic rings. The Hall–Kier alpha value is -2.04. The Morgan fingerprint density at radius 2 is 1.91 bits per heavy atom. The van der Waals surface area contributed by atoms with Gasteiger partial charge in [-0.25, -0.2) is 0 Å². The number of nitrogens with zero attached hydrogens (tertiary/aromatic N) is 2. The normalized spacial score (nSPS) is 15.4. The smallest absolute Gasteiger partial charge is 0.239 e. The van der Waals surface area contributed by atoms with E-state index in [1.807, 2.05) is 16.8 Å². The van der Waals surface area contributed by atoms with E-state index in [2.05, 4.69) is 37.4 Å². The molecule has 0 radical (unpaired) electrons. The van der Waals surface area contributed by atoms with Gasteiger partial charge in [0.15, 0.2) is 0 Å². The van der Waals surface area contributed by atoms with Gasteiger partial charge in [0.1, 0.15) is 0 Å². The molecule has 2 amide bonds. The van der Waals surface area contributed by atoms with Gasteiger partial charge in [-0.05, 0) is 38.3 Å². The van der Waals surface area contributed by atoms with Crippen LogP contribution in [0.25, 0.3) is 0 Å². The summed E-state index contributed by atoms with van der Waals surface area (Å²) < 4.78 is 0. The van der Waals surface area contributed by atoms with Gasteiger partial charge in [-0.15, -0.1) is 0 Å². The average Bonchev–Trinajstić information content (AvgIpc) is 2.47. The topological polar surface area (TPSA) is 52.7 Å². The molecule has 0 unspecified atom stereocenters. The summed E-state index contributed by atoms with van der Waals surface area (Å²) in [4.78, 5) is 27.4. The fraction of sp³-hybridized carbons (Fsp3) is 0.556. The van der Waals surface area contributed by atoms with E-state index in [0.29, 0.717) is 6.54 Å². The molecule has 1 fully saturated rings. The molecule has 1 aliphatic rings. The summed E-state index contributed by atoms with van der Waals surface area (Å²) >= 11 is 0. The number of amides is 2. The van der Waals surface area contributed by atoms with Crippen molar-refractivity contribution in [2.24, 2.45) is 0 Å². The minimum atomic E-state index is 0.0359. The summed E-state index contributed by atoms with van der Waals surface area (Å²) in [5.41, 5.74) is 3.48. The highest BCUT2D eigenvalue weighted by molar-refractivity contribution is 5.82. The third kappa shape index (κ3) is 4.71. The SMILES string of the molecule is CC(=O)N1CCC(NC(=O)CN(C)c2ccc(C)cc2C)CC1. The van der Waals surface area contributed by atoms with Gasteiger partial charge in [0.05, 0.1) is 6.54 Å². The number of hydrogen-bond donors (Lipinski definition) is 1. The minimum absolute atomic E-state index is 0.0359. The van der Waals surface area contributed by atoms with Crippen molar-refractivity contribution in [2.45, 2.75) is 39.7 Å². The standard InChI is InChI=1S/C18H27N3O2/c1-13-5-6-17(14(2)11-13)20(4)12-18(23)19-16-7-9-21(10-8-16)15(3)22/h5-6,11,16H,7-10,12H2,1-4H3,(H,19,23). The fourth-order valence-corrected chi connectivity index (χ4v) is 3.15. The summed E-state index contributed by atoms with van der Waals surface area (Å²) in [6.07, 6.45) is 1.66. The zero-order valence-electron chi connectivity index (χ0n) is 14.6. The lowest BCUT2D eigenvalue weighted by Crippen LogP contribution is -2.48. The van der Waals surface area contributed by atoms with E-state index in [1.165, 1.54) is 11.1 Å². The molecule has 0 aromatic heterocycles. The molecular formula is C18H27N3O2. The van der Waals surface area contributed by atoms with Crippen LogP contribution in [0.15, 0.2) is 18.2 Å². The van der Waals surface area contributed by atoms with Gasteiger partial charge < -0.3 is 15.1 Å². The van der Waals surface area contributed by atoms with Crippen LogP contribution in [0.5, 0.6) is 0 Å². The van der Waals surface area contributed by atoms with Crippen LogP contribution >= 0.6 is 0 Å². The number of nitrogens with one attached hydrogen (secondary N) is 1. The number of aryl methyl sites for hydroxylation is 2. The Labute approximate surface area is 138 Å². The molecule has 2 rings (SSSR count). The number of likely N-dealkylation sites (N-methyl/N-ethyl adjacent to an activating group) is 1. The van der Waals surface area contributed by atoms with E-state index in [9.17, 15) is 9.59 Å². The highest BCUT2D eigenvalue weighted by atomic mass is 16.2. The molecule has 0 atom stereocenters. The van der Waals surface area contributed by atoms with E-state index < -0.39 is 0 Å². The van der Waals surface area contributed by atoms with Crippen LogP contribution in [0.2, 0.25) is 0 Å². The predicted molar refractivity (Wildman–Crippen MR) is 92.6 cm³/mol. The molecule has 1 saturated heterocycles. The first-order valence-corrected chi connectivity index (χ1v) is 8.20. The number of hydrogen-bond acceptors (Lipinski definition) is 3. The van der Waals surface area contributed by atoms with E-state index >= 15 is 0 Å². The molecule has 126 valence electrons. The van der Waals surface area contributed by atoms with Crippen LogP contribution < -0.4 is 10.2 Å². The largest absolute Gasteiger partial charge is 0.365 e. The number of carbonyl (C=O) groups excluding carboxylic acids is 2. The third-order valence-electron chi connectivity index (χ3n) is 4.45. The number of benzene rings is 1. The van der Waals surface area contributed by atoms with Gasteiger partial charge >= 0.3 is 0 Å². The van der Waals surface area contributed by atoms with E-state index in [1.54, 1.807) is 6.92 Å². The zero-order valence-corrected chi connectivity index (χ0v) is 14.6. The molecule has 1 N–H and O–H groups in total. The maximum Gasteiger partial charge on any atom is 0.239 e. The van der Waals surface area contributed by atoms with Crippen molar-refractivity contribution in [1.29, 1.82) is 0 Å². The minimum Gasteiger partial charge on any atom is -0.365 e. The molecule has 0 aliphatic carbocycles. The second-order valence-electron chi connectivity index (χ2n) is 6.49. The van der Waals surface area contributed by atoms with E-state index in [4.69, 9.17) is 0 Å². The average molecular weight is 317 g/mol. The Morgan fingerprint density at radius 3 is 2.48 bits per heavy atom. The first-order valence-electron chi connectivity index (χ1n) is 8.20. The lowest BCUT2D eigenvalue weighted by atomic mass is 10.0. The molecule has 1 aromatic carbocycles. The Balaban J connectivity index is 1.84. The molecule has 5 nitrogen and oxygen atoms in total. The Kier molecular flexibility index (Phi) is 5.64. The van der Waals surface area contributed by atoms with Crippen LogP contribution in [0.4, 0.5) is 5.69 Å². The van der Waals surface area contributed by atoms with Gasteiger partial charge in [-0.1, -0.05) is 17.7 Å². The van der Waals surface area contributed by atoms with E-state index in [0.717, 1.165) is 31.6 Å². The fourth-order valence-electron chi connectivity index (χ4n) is 3.15. The van der Waals surface area contributed by atoms with Crippen LogP contribution in [-0.2, 0) is 9.59 Å². The lowest BCUT2D eigenvalue weighted by molar-refractivity contribution is -0.130. The highest BCUT2D eigenvalue weighted by Gasteiger charge is 2.22. The van der Waals surface area contributed by atoms with Crippen molar-refractivity contribution in [2.75, 3.05) is 31.6 Å². The predicted octanol–water partition coefficient (Wildman–Crippen LogP) is 1.87. The van der Waals surface area contributed by atoms with Crippen LogP contribution in [-0.4, -0.2) is 49.4 Å². The summed E-state index contributed by atoms with van der Waals surface area (Å²) in [6.45, 7) is 7.53. The van der Waals surface area contributed by atoms with Crippen molar-refractivity contribution >= 4 is 17.5 Å². The molecule has 23 heavy (non-hydrogen) atoms. The highest BCUT2D eigenvalue weighted by Crippen LogP contribution is 2.19. The van der Waals surface area contributed by atoms with Crippen molar-refractivity contribution in [3.8, 4) is 0 Å². The summed E-state index contributed by atoms with van der Waals surface area (Å²) in [5, 5.41) is 3.09. The molecular weight excluding hydrogens is 290 g/mol. The first kappa shape index (κ1) is 17.3. The van der Waals surface area contributed by atoms with Crippen LogP contribution in [0.3, 0.4) is 0 Å². The molecule has 0 spiro atoms. The van der Waals surface area contributed by atoms with Gasteiger partial charge in [-0.2, -0.15) is 0 Å². The maximum absolute atomic E-state index is 12.3. The molecule has 0 saturated carbocycles. The lowest BCUT2D eigenvalue weighted by Gasteiger charge is -2.32. The van der Waals surface area contributed by atoms with Crippen molar-refractivity contribution in [3.05, 3.63) is 29.3 Å². The van der Waals surface area contributed by atoms with Gasteiger partial charge in [0.2, 0.25) is 11.8 Å². The maximum atomic E-state index is 12.3. The second-order valence-corrected chi connectivity index (χ2v) is 6.49. The second kappa shape index (κ2) is 7.49. The first-order chi connectivity index (χ1) is 10.9. The van der Waals surface area contributed by atoms with Crippen LogP contribution in [0.1, 0.15) is 30.9 Å². The number of anilines is 1.